The second kappa shape index (κ2) is 6.18. The number of nitrogens with one attached hydrogen (secondary N) is 1. The highest BCUT2D eigenvalue weighted by molar-refractivity contribution is 5.24. The van der Waals surface area contributed by atoms with Crippen LogP contribution in [0, 0.1) is 12.8 Å². The van der Waals surface area contributed by atoms with Crippen molar-refractivity contribution in [2.24, 2.45) is 5.92 Å². The summed E-state index contributed by atoms with van der Waals surface area (Å²) in [6, 6.07) is 9.19. The second-order valence-corrected chi connectivity index (χ2v) is 5.10. The fourth-order valence-electron chi connectivity index (χ4n) is 2.35. The normalized spacial score (nSPS) is 19.2. The van der Waals surface area contributed by atoms with Crippen molar-refractivity contribution in [3.05, 3.63) is 35.4 Å². The van der Waals surface area contributed by atoms with Crippen molar-refractivity contribution in [2.45, 2.75) is 32.7 Å². The molecule has 94 valence electrons. The zero-order valence-electron chi connectivity index (χ0n) is 10.9. The summed E-state index contributed by atoms with van der Waals surface area (Å²) in [6.07, 6.45) is 2.40. The lowest BCUT2D eigenvalue weighted by Gasteiger charge is -2.24. The van der Waals surface area contributed by atoms with Crippen LogP contribution in [-0.2, 0) is 4.74 Å². The van der Waals surface area contributed by atoms with Crippen molar-refractivity contribution < 1.29 is 4.74 Å². The maximum absolute atomic E-state index is 5.38. The van der Waals surface area contributed by atoms with Gasteiger partial charge in [-0.25, -0.2) is 0 Å². The second-order valence-electron chi connectivity index (χ2n) is 5.10. The first-order valence-corrected chi connectivity index (χ1v) is 6.63. The van der Waals surface area contributed by atoms with E-state index < -0.39 is 0 Å². The SMILES string of the molecule is Cc1cccc([C@@H](C)NCC2CCOCC2)c1. The van der Waals surface area contributed by atoms with E-state index in [1.165, 1.54) is 24.0 Å². The number of aryl methyl sites for hydroxylation is 1. The first-order chi connectivity index (χ1) is 8.25. The zero-order chi connectivity index (χ0) is 12.1. The predicted octanol–water partition coefficient (Wildman–Crippen LogP) is 3.07. The van der Waals surface area contributed by atoms with E-state index in [1.807, 2.05) is 0 Å². The van der Waals surface area contributed by atoms with Crippen LogP contribution in [0.2, 0.25) is 0 Å². The van der Waals surface area contributed by atoms with Gasteiger partial charge in [-0.05, 0) is 44.7 Å². The molecule has 0 bridgehead atoms. The Morgan fingerprint density at radius 3 is 2.82 bits per heavy atom. The van der Waals surface area contributed by atoms with E-state index in [2.05, 4.69) is 43.4 Å². The number of ether oxygens (including phenoxy) is 1. The van der Waals surface area contributed by atoms with Gasteiger partial charge in [0.2, 0.25) is 0 Å². The monoisotopic (exact) mass is 233 g/mol. The Kier molecular flexibility index (Phi) is 4.57. The Hall–Kier alpha value is -0.860. The van der Waals surface area contributed by atoms with Crippen LogP contribution >= 0.6 is 0 Å². The van der Waals surface area contributed by atoms with Gasteiger partial charge in [0.05, 0.1) is 0 Å². The van der Waals surface area contributed by atoms with Crippen LogP contribution in [0.1, 0.15) is 36.9 Å². The van der Waals surface area contributed by atoms with E-state index in [9.17, 15) is 0 Å². The molecule has 0 amide bonds. The fraction of sp³-hybridized carbons (Fsp3) is 0.600. The molecule has 0 aliphatic carbocycles. The summed E-state index contributed by atoms with van der Waals surface area (Å²) < 4.78 is 5.38. The van der Waals surface area contributed by atoms with Gasteiger partial charge >= 0.3 is 0 Å². The van der Waals surface area contributed by atoms with E-state index in [0.29, 0.717) is 6.04 Å². The molecule has 0 spiro atoms. The summed E-state index contributed by atoms with van der Waals surface area (Å²) in [7, 11) is 0. The molecule has 1 atom stereocenters. The highest BCUT2D eigenvalue weighted by Gasteiger charge is 2.14. The summed E-state index contributed by atoms with van der Waals surface area (Å²) in [5.74, 6) is 0.788. The van der Waals surface area contributed by atoms with Gasteiger partial charge in [-0.2, -0.15) is 0 Å². The van der Waals surface area contributed by atoms with Crippen LogP contribution in [0.3, 0.4) is 0 Å². The van der Waals surface area contributed by atoms with Crippen molar-refractivity contribution in [3.63, 3.8) is 0 Å². The van der Waals surface area contributed by atoms with E-state index in [1.54, 1.807) is 0 Å². The molecule has 0 saturated carbocycles. The molecule has 2 nitrogen and oxygen atoms in total. The fourth-order valence-corrected chi connectivity index (χ4v) is 2.35. The molecule has 1 heterocycles. The van der Waals surface area contributed by atoms with Gasteiger partial charge < -0.3 is 10.1 Å². The van der Waals surface area contributed by atoms with Gasteiger partial charge in [-0.15, -0.1) is 0 Å². The Labute approximate surface area is 104 Å². The minimum atomic E-state index is 0.442. The quantitative estimate of drug-likeness (QED) is 0.863. The van der Waals surface area contributed by atoms with E-state index >= 15 is 0 Å². The van der Waals surface area contributed by atoms with Gasteiger partial charge in [-0.1, -0.05) is 29.8 Å². The van der Waals surface area contributed by atoms with Gasteiger partial charge in [0.15, 0.2) is 0 Å². The lowest BCUT2D eigenvalue weighted by atomic mass is 9.99. The Morgan fingerprint density at radius 1 is 1.35 bits per heavy atom. The highest BCUT2D eigenvalue weighted by atomic mass is 16.5. The van der Waals surface area contributed by atoms with E-state index in [0.717, 1.165) is 25.7 Å². The third-order valence-electron chi connectivity index (χ3n) is 3.60. The van der Waals surface area contributed by atoms with Crippen LogP contribution < -0.4 is 5.32 Å². The van der Waals surface area contributed by atoms with Crippen LogP contribution in [0.5, 0.6) is 0 Å². The molecule has 1 saturated heterocycles. The molecule has 1 aliphatic rings. The minimum Gasteiger partial charge on any atom is -0.381 e. The van der Waals surface area contributed by atoms with Gasteiger partial charge in [-0.3, -0.25) is 0 Å². The molecule has 0 aromatic heterocycles. The van der Waals surface area contributed by atoms with Crippen LogP contribution in [0.4, 0.5) is 0 Å². The molecule has 1 aliphatic heterocycles. The largest absolute Gasteiger partial charge is 0.381 e. The molecular formula is C15H23NO. The van der Waals surface area contributed by atoms with Crippen LogP contribution in [0.15, 0.2) is 24.3 Å². The first kappa shape index (κ1) is 12.6. The highest BCUT2D eigenvalue weighted by Crippen LogP contribution is 2.17. The molecule has 1 fully saturated rings. The van der Waals surface area contributed by atoms with Crippen molar-refractivity contribution in [2.75, 3.05) is 19.8 Å². The maximum Gasteiger partial charge on any atom is 0.0469 e. The molecule has 1 aromatic rings. The Balaban J connectivity index is 1.82. The van der Waals surface area contributed by atoms with Crippen molar-refractivity contribution in [1.82, 2.24) is 5.32 Å². The van der Waals surface area contributed by atoms with Crippen molar-refractivity contribution in [1.29, 1.82) is 0 Å². The summed E-state index contributed by atoms with van der Waals surface area (Å²) >= 11 is 0. The summed E-state index contributed by atoms with van der Waals surface area (Å²) in [4.78, 5) is 0. The molecule has 17 heavy (non-hydrogen) atoms. The summed E-state index contributed by atoms with van der Waals surface area (Å²) in [5.41, 5.74) is 2.72. The third kappa shape index (κ3) is 3.83. The van der Waals surface area contributed by atoms with Crippen molar-refractivity contribution in [3.8, 4) is 0 Å². The standard InChI is InChI=1S/C15H23NO/c1-12-4-3-5-15(10-12)13(2)16-11-14-6-8-17-9-7-14/h3-5,10,13-14,16H,6-9,11H2,1-2H3/t13-/m1/s1. The Bertz CT molecular complexity index is 345. The molecule has 1 aromatic carbocycles. The maximum atomic E-state index is 5.38. The van der Waals surface area contributed by atoms with E-state index in [-0.39, 0.29) is 0 Å². The molecular weight excluding hydrogens is 210 g/mol. The predicted molar refractivity (Wildman–Crippen MR) is 71.1 cm³/mol. The number of hydrogen-bond donors (Lipinski definition) is 1. The molecule has 1 N–H and O–H groups in total. The average Bonchev–Trinajstić information content (AvgIpc) is 2.37. The first-order valence-electron chi connectivity index (χ1n) is 6.63. The number of rotatable bonds is 4. The van der Waals surface area contributed by atoms with Crippen molar-refractivity contribution >= 4 is 0 Å². The summed E-state index contributed by atoms with van der Waals surface area (Å²) in [5, 5.41) is 3.64. The minimum absolute atomic E-state index is 0.442. The lowest BCUT2D eigenvalue weighted by Crippen LogP contribution is -2.29. The molecule has 2 heteroatoms. The lowest BCUT2D eigenvalue weighted by molar-refractivity contribution is 0.0656. The van der Waals surface area contributed by atoms with Gasteiger partial charge in [0.25, 0.3) is 0 Å². The van der Waals surface area contributed by atoms with Gasteiger partial charge in [0, 0.05) is 19.3 Å². The third-order valence-corrected chi connectivity index (χ3v) is 3.60. The topological polar surface area (TPSA) is 21.3 Å². The zero-order valence-corrected chi connectivity index (χ0v) is 10.9. The van der Waals surface area contributed by atoms with Gasteiger partial charge in [0.1, 0.15) is 0 Å². The Morgan fingerprint density at radius 2 is 2.12 bits per heavy atom. The number of hydrogen-bond acceptors (Lipinski definition) is 2. The molecule has 2 rings (SSSR count). The molecule has 0 unspecified atom stereocenters. The average molecular weight is 233 g/mol. The number of benzene rings is 1. The van der Waals surface area contributed by atoms with Crippen LogP contribution in [0.25, 0.3) is 0 Å². The van der Waals surface area contributed by atoms with Crippen LogP contribution in [-0.4, -0.2) is 19.8 Å². The smallest absolute Gasteiger partial charge is 0.0469 e. The molecule has 0 radical (unpaired) electrons. The summed E-state index contributed by atoms with van der Waals surface area (Å²) in [6.45, 7) is 7.37. The van der Waals surface area contributed by atoms with E-state index in [4.69, 9.17) is 4.74 Å².